The Morgan fingerprint density at radius 2 is 2.31 bits per heavy atom. The molecule has 0 unspecified atom stereocenters. The quantitative estimate of drug-likeness (QED) is 0.817. The molecule has 0 saturated carbocycles. The number of ether oxygens (including phenoxy) is 1. The molecule has 0 atom stereocenters. The molecule has 1 aromatic carbocycles. The van der Waals surface area contributed by atoms with E-state index >= 15 is 0 Å². The molecule has 2 N–H and O–H groups in total. The van der Waals surface area contributed by atoms with Gasteiger partial charge in [0.1, 0.15) is 0 Å². The van der Waals surface area contributed by atoms with E-state index in [4.69, 9.17) is 4.74 Å². The zero-order valence-electron chi connectivity index (χ0n) is 9.03. The van der Waals surface area contributed by atoms with Crippen molar-refractivity contribution < 1.29 is 9.84 Å². The van der Waals surface area contributed by atoms with Crippen LogP contribution in [-0.4, -0.2) is 37.2 Å². The van der Waals surface area contributed by atoms with E-state index in [0.717, 1.165) is 12.3 Å². The minimum atomic E-state index is -0.154. The van der Waals surface area contributed by atoms with Crippen molar-refractivity contribution in [3.05, 3.63) is 23.8 Å². The van der Waals surface area contributed by atoms with Crippen LogP contribution in [0, 0.1) is 0 Å². The van der Waals surface area contributed by atoms with Gasteiger partial charge in [0.05, 0.1) is 25.2 Å². The van der Waals surface area contributed by atoms with Gasteiger partial charge in [-0.3, -0.25) is 0 Å². The summed E-state index contributed by atoms with van der Waals surface area (Å²) >= 11 is 1.89. The number of rotatable bonds is 2. The molecule has 0 radical (unpaired) electrons. The maximum Gasteiger partial charge on any atom is 0.0652 e. The molecule has 0 spiro atoms. The number of hydrogen-bond acceptors (Lipinski definition) is 4. The summed E-state index contributed by atoms with van der Waals surface area (Å²) in [6.07, 6.45) is 0. The van der Waals surface area contributed by atoms with Gasteiger partial charge in [-0.25, -0.2) is 0 Å². The van der Waals surface area contributed by atoms with Crippen LogP contribution >= 0.6 is 11.8 Å². The molecule has 1 aromatic rings. The summed E-state index contributed by atoms with van der Waals surface area (Å²) in [5.74, 6) is 1.13. The summed E-state index contributed by atoms with van der Waals surface area (Å²) in [4.78, 5) is 1.31. The molecule has 1 fully saturated rings. The van der Waals surface area contributed by atoms with Gasteiger partial charge in [0, 0.05) is 22.9 Å². The average Bonchev–Trinajstić information content (AvgIpc) is 2.28. The van der Waals surface area contributed by atoms with Crippen LogP contribution in [0.2, 0.25) is 0 Å². The summed E-state index contributed by atoms with van der Waals surface area (Å²) in [5, 5.41) is 12.9. The monoisotopic (exact) mass is 237 g/mol. The van der Waals surface area contributed by atoms with Gasteiger partial charge in [-0.1, -0.05) is 6.07 Å². The summed E-state index contributed by atoms with van der Waals surface area (Å²) in [5.41, 5.74) is 2.24. The third-order valence-electron chi connectivity index (χ3n) is 3.33. The van der Waals surface area contributed by atoms with Gasteiger partial charge in [0.2, 0.25) is 0 Å². The fourth-order valence-corrected chi connectivity index (χ4v) is 3.04. The van der Waals surface area contributed by atoms with Crippen LogP contribution in [0.25, 0.3) is 0 Å². The number of aliphatic hydroxyl groups is 1. The summed E-state index contributed by atoms with van der Waals surface area (Å²) in [7, 11) is 0. The van der Waals surface area contributed by atoms with Crippen molar-refractivity contribution in [1.82, 2.24) is 0 Å². The van der Waals surface area contributed by atoms with Crippen molar-refractivity contribution in [1.29, 1.82) is 0 Å². The van der Waals surface area contributed by atoms with E-state index in [-0.39, 0.29) is 12.0 Å². The molecule has 0 aromatic heterocycles. The highest BCUT2D eigenvalue weighted by molar-refractivity contribution is 7.99. The molecule has 0 amide bonds. The first-order chi connectivity index (χ1) is 7.84. The molecule has 16 heavy (non-hydrogen) atoms. The predicted molar refractivity (Wildman–Crippen MR) is 65.2 cm³/mol. The normalized spacial score (nSPS) is 21.8. The first kappa shape index (κ1) is 10.4. The standard InChI is InChI=1S/C12H15NO2S/c14-6-12(7-15-8-12)9-1-2-11-10(5-9)13-3-4-16-11/h1-2,5,13-14H,3-4,6-8H2. The fourth-order valence-electron chi connectivity index (χ4n) is 2.17. The van der Waals surface area contributed by atoms with E-state index in [2.05, 4.69) is 23.5 Å². The minimum absolute atomic E-state index is 0.154. The number of benzene rings is 1. The van der Waals surface area contributed by atoms with E-state index in [1.807, 2.05) is 11.8 Å². The second kappa shape index (κ2) is 3.95. The molecule has 2 heterocycles. The predicted octanol–water partition coefficient (Wildman–Crippen LogP) is 1.46. The highest BCUT2D eigenvalue weighted by atomic mass is 32.2. The van der Waals surface area contributed by atoms with E-state index in [1.165, 1.54) is 16.1 Å². The number of thioether (sulfide) groups is 1. The number of nitrogens with one attached hydrogen (secondary N) is 1. The van der Waals surface area contributed by atoms with Crippen LogP contribution in [-0.2, 0) is 10.2 Å². The van der Waals surface area contributed by atoms with Crippen molar-refractivity contribution in [2.75, 3.05) is 37.4 Å². The van der Waals surface area contributed by atoms with Crippen LogP contribution in [0.4, 0.5) is 5.69 Å². The highest BCUT2D eigenvalue weighted by Crippen LogP contribution is 2.37. The number of fused-ring (bicyclic) bond motifs is 1. The molecular weight excluding hydrogens is 222 g/mol. The maximum atomic E-state index is 9.49. The third kappa shape index (κ3) is 1.52. The van der Waals surface area contributed by atoms with Crippen molar-refractivity contribution in [3.63, 3.8) is 0 Å². The van der Waals surface area contributed by atoms with Crippen molar-refractivity contribution in [2.45, 2.75) is 10.3 Å². The Morgan fingerprint density at radius 1 is 1.44 bits per heavy atom. The first-order valence-electron chi connectivity index (χ1n) is 5.54. The smallest absolute Gasteiger partial charge is 0.0652 e. The Labute approximate surface area is 99.2 Å². The molecular formula is C12H15NO2S. The molecule has 2 aliphatic heterocycles. The molecule has 2 aliphatic rings. The van der Waals surface area contributed by atoms with Crippen LogP contribution in [0.1, 0.15) is 5.56 Å². The molecule has 3 rings (SSSR count). The molecule has 3 nitrogen and oxygen atoms in total. The van der Waals surface area contributed by atoms with Gasteiger partial charge in [-0.05, 0) is 17.7 Å². The Hall–Kier alpha value is -0.710. The lowest BCUT2D eigenvalue weighted by Crippen LogP contribution is -2.49. The number of aliphatic hydroxyl groups excluding tert-OH is 1. The molecule has 4 heteroatoms. The first-order valence-corrected chi connectivity index (χ1v) is 6.52. The molecule has 0 aliphatic carbocycles. The Kier molecular flexibility index (Phi) is 2.58. The third-order valence-corrected chi connectivity index (χ3v) is 4.40. The minimum Gasteiger partial charge on any atom is -0.395 e. The molecule has 86 valence electrons. The number of anilines is 1. The summed E-state index contributed by atoms with van der Waals surface area (Å²) < 4.78 is 5.24. The second-order valence-corrected chi connectivity index (χ2v) is 5.55. The van der Waals surface area contributed by atoms with Gasteiger partial charge in [-0.2, -0.15) is 0 Å². The van der Waals surface area contributed by atoms with E-state index in [0.29, 0.717) is 13.2 Å². The van der Waals surface area contributed by atoms with Crippen LogP contribution < -0.4 is 5.32 Å². The largest absolute Gasteiger partial charge is 0.395 e. The van der Waals surface area contributed by atoms with Crippen LogP contribution in [0.15, 0.2) is 23.1 Å². The van der Waals surface area contributed by atoms with Gasteiger partial charge in [0.15, 0.2) is 0 Å². The lowest BCUT2D eigenvalue weighted by atomic mass is 9.79. The van der Waals surface area contributed by atoms with Gasteiger partial charge >= 0.3 is 0 Å². The zero-order chi connectivity index (χ0) is 11.0. The Bertz CT molecular complexity index is 398. The van der Waals surface area contributed by atoms with Crippen LogP contribution in [0.3, 0.4) is 0 Å². The molecule has 1 saturated heterocycles. The average molecular weight is 237 g/mol. The van der Waals surface area contributed by atoms with E-state index < -0.39 is 0 Å². The summed E-state index contributed by atoms with van der Waals surface area (Å²) in [6, 6.07) is 6.44. The maximum absolute atomic E-state index is 9.49. The zero-order valence-corrected chi connectivity index (χ0v) is 9.85. The Morgan fingerprint density at radius 3 is 3.00 bits per heavy atom. The van der Waals surface area contributed by atoms with Crippen molar-refractivity contribution >= 4 is 17.4 Å². The summed E-state index contributed by atoms with van der Waals surface area (Å²) in [6.45, 7) is 2.45. The molecule has 0 bridgehead atoms. The van der Waals surface area contributed by atoms with Gasteiger partial charge in [0.25, 0.3) is 0 Å². The Balaban J connectivity index is 1.96. The van der Waals surface area contributed by atoms with E-state index in [9.17, 15) is 5.11 Å². The van der Waals surface area contributed by atoms with Crippen molar-refractivity contribution in [3.8, 4) is 0 Å². The van der Waals surface area contributed by atoms with E-state index in [1.54, 1.807) is 0 Å². The lowest BCUT2D eigenvalue weighted by Gasteiger charge is -2.40. The fraction of sp³-hybridized carbons (Fsp3) is 0.500. The SMILES string of the molecule is OCC1(c2ccc3c(c2)NCCS3)COC1. The van der Waals surface area contributed by atoms with Crippen LogP contribution in [0.5, 0.6) is 0 Å². The van der Waals surface area contributed by atoms with Gasteiger partial charge < -0.3 is 15.2 Å². The van der Waals surface area contributed by atoms with Gasteiger partial charge in [-0.15, -0.1) is 11.8 Å². The lowest BCUT2D eigenvalue weighted by molar-refractivity contribution is -0.0841. The van der Waals surface area contributed by atoms with Crippen molar-refractivity contribution in [2.24, 2.45) is 0 Å². The number of hydrogen-bond donors (Lipinski definition) is 2. The topological polar surface area (TPSA) is 41.5 Å². The highest BCUT2D eigenvalue weighted by Gasteiger charge is 2.40. The second-order valence-electron chi connectivity index (χ2n) is 4.42.